The van der Waals surface area contributed by atoms with Gasteiger partial charge in [-0.1, -0.05) is 44.0 Å². The summed E-state index contributed by atoms with van der Waals surface area (Å²) in [5.74, 6) is 1.93. The standard InChI is InChI=1S/C18H18Br2N2O/c1-23-17-8-6-13(19)11-12(17)5-7-14-15(3-2-4-16(14)20)18-21-9-10-22-18/h2-4,6,8,11H,5,7,9-10H2,1H3,(H,21,22). The SMILES string of the molecule is COc1ccc(Br)cc1CCc1c(Br)cccc1C1=NCCN1. The number of hydrogen-bond donors (Lipinski definition) is 1. The molecule has 0 aliphatic carbocycles. The van der Waals surface area contributed by atoms with Crippen molar-refractivity contribution < 1.29 is 4.74 Å². The highest BCUT2D eigenvalue weighted by Crippen LogP contribution is 2.27. The van der Waals surface area contributed by atoms with Crippen LogP contribution in [0.4, 0.5) is 0 Å². The molecule has 1 aliphatic rings. The second-order valence-electron chi connectivity index (χ2n) is 5.38. The van der Waals surface area contributed by atoms with Gasteiger partial charge in [-0.25, -0.2) is 0 Å². The third-order valence-corrected chi connectivity index (χ3v) is 5.17. The van der Waals surface area contributed by atoms with E-state index in [0.29, 0.717) is 0 Å². The van der Waals surface area contributed by atoms with Crippen molar-refractivity contribution >= 4 is 37.7 Å². The number of halogens is 2. The molecule has 0 saturated carbocycles. The van der Waals surface area contributed by atoms with Crippen molar-refractivity contribution in [2.24, 2.45) is 4.99 Å². The van der Waals surface area contributed by atoms with Gasteiger partial charge in [0.2, 0.25) is 0 Å². The zero-order valence-corrected chi connectivity index (χ0v) is 16.1. The smallest absolute Gasteiger partial charge is 0.128 e. The lowest BCUT2D eigenvalue weighted by Gasteiger charge is -2.14. The zero-order chi connectivity index (χ0) is 16.2. The van der Waals surface area contributed by atoms with Gasteiger partial charge in [0.05, 0.1) is 13.7 Å². The number of nitrogens with zero attached hydrogens (tertiary/aromatic N) is 1. The molecule has 0 radical (unpaired) electrons. The normalized spacial score (nSPS) is 13.6. The van der Waals surface area contributed by atoms with Crippen LogP contribution in [-0.4, -0.2) is 26.0 Å². The Morgan fingerprint density at radius 2 is 2.04 bits per heavy atom. The number of aliphatic imine (C=N–C) groups is 1. The molecule has 0 unspecified atom stereocenters. The highest BCUT2D eigenvalue weighted by Gasteiger charge is 2.15. The van der Waals surface area contributed by atoms with Gasteiger partial charge in [0.25, 0.3) is 0 Å². The minimum absolute atomic E-state index is 0.848. The van der Waals surface area contributed by atoms with Crippen LogP contribution in [0.15, 0.2) is 50.3 Å². The number of nitrogens with one attached hydrogen (secondary N) is 1. The largest absolute Gasteiger partial charge is 0.496 e. The second-order valence-corrected chi connectivity index (χ2v) is 7.15. The van der Waals surface area contributed by atoms with Crippen molar-refractivity contribution in [3.8, 4) is 5.75 Å². The molecule has 0 fully saturated rings. The lowest BCUT2D eigenvalue weighted by Crippen LogP contribution is -2.21. The molecule has 0 saturated heterocycles. The first-order valence-electron chi connectivity index (χ1n) is 7.57. The van der Waals surface area contributed by atoms with Crippen molar-refractivity contribution in [3.63, 3.8) is 0 Å². The maximum atomic E-state index is 5.48. The van der Waals surface area contributed by atoms with E-state index in [1.807, 2.05) is 12.1 Å². The van der Waals surface area contributed by atoms with E-state index in [9.17, 15) is 0 Å². The van der Waals surface area contributed by atoms with Gasteiger partial charge in [-0.15, -0.1) is 0 Å². The van der Waals surface area contributed by atoms with Crippen molar-refractivity contribution in [2.75, 3.05) is 20.2 Å². The van der Waals surface area contributed by atoms with Crippen molar-refractivity contribution in [2.45, 2.75) is 12.8 Å². The number of ether oxygens (including phenoxy) is 1. The molecule has 1 N–H and O–H groups in total. The van der Waals surface area contributed by atoms with E-state index >= 15 is 0 Å². The summed E-state index contributed by atoms with van der Waals surface area (Å²) in [6, 6.07) is 12.4. The molecule has 3 nitrogen and oxygen atoms in total. The summed E-state index contributed by atoms with van der Waals surface area (Å²) < 4.78 is 7.68. The second kappa shape index (κ2) is 7.49. The van der Waals surface area contributed by atoms with E-state index in [-0.39, 0.29) is 0 Å². The first-order chi connectivity index (χ1) is 11.2. The minimum atomic E-state index is 0.848. The van der Waals surface area contributed by atoms with Crippen LogP contribution in [0.1, 0.15) is 16.7 Å². The van der Waals surface area contributed by atoms with Gasteiger partial charge in [-0.2, -0.15) is 0 Å². The average molecular weight is 438 g/mol. The summed E-state index contributed by atoms with van der Waals surface area (Å²) in [7, 11) is 1.72. The lowest BCUT2D eigenvalue weighted by molar-refractivity contribution is 0.409. The third kappa shape index (κ3) is 3.78. The average Bonchev–Trinajstić information content (AvgIpc) is 3.08. The van der Waals surface area contributed by atoms with Crippen LogP contribution in [-0.2, 0) is 12.8 Å². The van der Waals surface area contributed by atoms with Gasteiger partial charge in [0.1, 0.15) is 11.6 Å². The Labute approximate surface area is 153 Å². The van der Waals surface area contributed by atoms with Gasteiger partial charge >= 0.3 is 0 Å². The molecule has 1 heterocycles. The number of amidine groups is 1. The summed E-state index contributed by atoms with van der Waals surface area (Å²) in [4.78, 5) is 4.56. The molecule has 1 aliphatic heterocycles. The number of aryl methyl sites for hydroxylation is 1. The molecular weight excluding hydrogens is 420 g/mol. The summed E-state index contributed by atoms with van der Waals surface area (Å²) in [5, 5.41) is 3.37. The van der Waals surface area contributed by atoms with Gasteiger partial charge < -0.3 is 10.1 Å². The van der Waals surface area contributed by atoms with E-state index in [4.69, 9.17) is 4.74 Å². The predicted molar refractivity (Wildman–Crippen MR) is 102 cm³/mol. The molecule has 0 atom stereocenters. The van der Waals surface area contributed by atoms with Gasteiger partial charge in [-0.3, -0.25) is 4.99 Å². The fraction of sp³-hybridized carbons (Fsp3) is 0.278. The van der Waals surface area contributed by atoms with Crippen molar-refractivity contribution in [1.82, 2.24) is 5.32 Å². The third-order valence-electron chi connectivity index (χ3n) is 3.93. The quantitative estimate of drug-likeness (QED) is 0.753. The molecule has 2 aromatic rings. The van der Waals surface area contributed by atoms with Crippen molar-refractivity contribution in [3.05, 3.63) is 62.0 Å². The Morgan fingerprint density at radius 3 is 2.78 bits per heavy atom. The van der Waals surface area contributed by atoms with Crippen LogP contribution in [0.3, 0.4) is 0 Å². The molecule has 0 bridgehead atoms. The van der Waals surface area contributed by atoms with Crippen LogP contribution < -0.4 is 10.1 Å². The Hall–Kier alpha value is -1.33. The Balaban J connectivity index is 1.87. The van der Waals surface area contributed by atoms with Crippen LogP contribution in [0.5, 0.6) is 5.75 Å². The van der Waals surface area contributed by atoms with Gasteiger partial charge in [-0.05, 0) is 48.2 Å². The number of benzene rings is 2. The summed E-state index contributed by atoms with van der Waals surface area (Å²) in [6.45, 7) is 1.77. The van der Waals surface area contributed by atoms with Crippen LogP contribution in [0.2, 0.25) is 0 Å². The Morgan fingerprint density at radius 1 is 1.17 bits per heavy atom. The molecule has 0 spiro atoms. The summed E-state index contributed by atoms with van der Waals surface area (Å²) in [5.41, 5.74) is 3.67. The molecule has 0 amide bonds. The van der Waals surface area contributed by atoms with E-state index in [1.165, 1.54) is 16.7 Å². The molecule has 2 aromatic carbocycles. The minimum Gasteiger partial charge on any atom is -0.496 e. The lowest BCUT2D eigenvalue weighted by atomic mass is 9.98. The van der Waals surface area contributed by atoms with E-state index in [0.717, 1.165) is 46.5 Å². The number of methoxy groups -OCH3 is 1. The first kappa shape index (κ1) is 16.5. The highest BCUT2D eigenvalue weighted by atomic mass is 79.9. The van der Waals surface area contributed by atoms with E-state index in [2.05, 4.69) is 66.4 Å². The Kier molecular flexibility index (Phi) is 5.38. The molecule has 120 valence electrons. The molecule has 5 heteroatoms. The Bertz CT molecular complexity index is 744. The molecule has 23 heavy (non-hydrogen) atoms. The van der Waals surface area contributed by atoms with E-state index < -0.39 is 0 Å². The van der Waals surface area contributed by atoms with Gasteiger partial charge in [0, 0.05) is 21.1 Å². The van der Waals surface area contributed by atoms with Crippen LogP contribution in [0, 0.1) is 0 Å². The van der Waals surface area contributed by atoms with Crippen LogP contribution >= 0.6 is 31.9 Å². The number of hydrogen-bond acceptors (Lipinski definition) is 3. The van der Waals surface area contributed by atoms with E-state index in [1.54, 1.807) is 7.11 Å². The topological polar surface area (TPSA) is 33.6 Å². The molecular formula is C18H18Br2N2O. The summed E-state index contributed by atoms with van der Waals surface area (Å²) >= 11 is 7.24. The fourth-order valence-electron chi connectivity index (χ4n) is 2.82. The first-order valence-corrected chi connectivity index (χ1v) is 9.16. The zero-order valence-electron chi connectivity index (χ0n) is 12.9. The highest BCUT2D eigenvalue weighted by molar-refractivity contribution is 9.10. The fourth-order valence-corrected chi connectivity index (χ4v) is 3.79. The van der Waals surface area contributed by atoms with Gasteiger partial charge in [0.15, 0.2) is 0 Å². The van der Waals surface area contributed by atoms with Crippen LogP contribution in [0.25, 0.3) is 0 Å². The van der Waals surface area contributed by atoms with Crippen molar-refractivity contribution in [1.29, 1.82) is 0 Å². The summed E-state index contributed by atoms with van der Waals surface area (Å²) in [6.07, 6.45) is 1.83. The predicted octanol–water partition coefficient (Wildman–Crippen LogP) is 4.36. The maximum absolute atomic E-state index is 5.48. The monoisotopic (exact) mass is 436 g/mol. The molecule has 0 aromatic heterocycles. The maximum Gasteiger partial charge on any atom is 0.128 e. The number of rotatable bonds is 5. The molecule has 3 rings (SSSR count).